The first-order valence-electron chi connectivity index (χ1n) is 5.36. The van der Waals surface area contributed by atoms with E-state index >= 15 is 0 Å². The number of amides is 1. The van der Waals surface area contributed by atoms with Gasteiger partial charge in [-0.25, -0.2) is 0 Å². The Bertz CT molecular complexity index is 351. The Hall–Kier alpha value is -0.620. The van der Waals surface area contributed by atoms with Crippen molar-refractivity contribution in [1.29, 1.82) is 0 Å². The Balaban J connectivity index is 2.60. The third kappa shape index (κ3) is 3.75. The fourth-order valence-electron chi connectivity index (χ4n) is 1.27. The molecule has 0 spiro atoms. The number of halogens is 1. The first-order valence-corrected chi connectivity index (χ1v) is 6.44. The molecule has 2 atom stereocenters. The van der Waals surface area contributed by atoms with Gasteiger partial charge in [-0.3, -0.25) is 4.79 Å². The summed E-state index contributed by atoms with van der Waals surface area (Å²) in [5.74, 6) is 0.0828. The van der Waals surface area contributed by atoms with Crippen LogP contribution < -0.4 is 11.1 Å². The molecule has 0 saturated carbocycles. The van der Waals surface area contributed by atoms with Gasteiger partial charge in [-0.05, 0) is 52.8 Å². The molecule has 0 aliphatic carbocycles. The predicted octanol–water partition coefficient (Wildman–Crippen LogP) is 2.60. The Labute approximate surface area is 110 Å². The summed E-state index contributed by atoms with van der Waals surface area (Å²) < 4.78 is 1.14. The Morgan fingerprint density at radius 3 is 2.50 bits per heavy atom. The lowest BCUT2D eigenvalue weighted by molar-refractivity contribution is -0.118. The minimum Gasteiger partial charge on any atom is -0.325 e. The molecule has 16 heavy (non-hydrogen) atoms. The summed E-state index contributed by atoms with van der Waals surface area (Å²) >= 11 is 2.22. The van der Waals surface area contributed by atoms with Crippen LogP contribution in [-0.4, -0.2) is 11.9 Å². The second-order valence-corrected chi connectivity index (χ2v) is 5.15. The highest BCUT2D eigenvalue weighted by Gasteiger charge is 2.19. The van der Waals surface area contributed by atoms with E-state index in [0.717, 1.165) is 15.7 Å². The van der Waals surface area contributed by atoms with E-state index in [2.05, 4.69) is 27.9 Å². The van der Waals surface area contributed by atoms with E-state index in [1.54, 1.807) is 0 Å². The standard InChI is InChI=1S/C12H17IN2O/c1-3-8(2)11(14)12(16)15-10-6-4-9(13)5-7-10/h4-8,11H,3,14H2,1-2H3,(H,15,16)/t8?,11-/m0/s1. The van der Waals surface area contributed by atoms with Crippen LogP contribution in [0.15, 0.2) is 24.3 Å². The highest BCUT2D eigenvalue weighted by Crippen LogP contribution is 2.13. The topological polar surface area (TPSA) is 55.1 Å². The number of hydrogen-bond donors (Lipinski definition) is 2. The zero-order chi connectivity index (χ0) is 12.1. The van der Waals surface area contributed by atoms with Gasteiger partial charge in [0.2, 0.25) is 5.91 Å². The third-order valence-electron chi connectivity index (χ3n) is 2.67. The fourth-order valence-corrected chi connectivity index (χ4v) is 1.63. The Morgan fingerprint density at radius 1 is 1.44 bits per heavy atom. The van der Waals surface area contributed by atoms with Gasteiger partial charge in [0.1, 0.15) is 0 Å². The SMILES string of the molecule is CCC(C)[C@H](N)C(=O)Nc1ccc(I)cc1. The van der Waals surface area contributed by atoms with E-state index < -0.39 is 6.04 Å². The van der Waals surface area contributed by atoms with Gasteiger partial charge in [0.25, 0.3) is 0 Å². The molecule has 3 N–H and O–H groups in total. The van der Waals surface area contributed by atoms with Crippen LogP contribution in [0.4, 0.5) is 5.69 Å². The Morgan fingerprint density at radius 2 is 2.00 bits per heavy atom. The zero-order valence-corrected chi connectivity index (χ0v) is 11.7. The number of carbonyl (C=O) groups is 1. The first-order chi connectivity index (χ1) is 7.54. The van der Waals surface area contributed by atoms with Crippen LogP contribution in [0.5, 0.6) is 0 Å². The van der Waals surface area contributed by atoms with Crippen molar-refractivity contribution in [1.82, 2.24) is 0 Å². The normalized spacial score (nSPS) is 14.2. The molecule has 0 radical (unpaired) electrons. The van der Waals surface area contributed by atoms with Crippen LogP contribution in [-0.2, 0) is 4.79 Å². The molecular formula is C12H17IN2O. The van der Waals surface area contributed by atoms with Crippen LogP contribution in [0.25, 0.3) is 0 Å². The lowest BCUT2D eigenvalue weighted by Crippen LogP contribution is -2.40. The van der Waals surface area contributed by atoms with Gasteiger partial charge in [0.15, 0.2) is 0 Å². The van der Waals surface area contributed by atoms with Gasteiger partial charge < -0.3 is 11.1 Å². The molecule has 1 aromatic carbocycles. The number of hydrogen-bond acceptors (Lipinski definition) is 2. The van der Waals surface area contributed by atoms with Crippen molar-refractivity contribution in [3.8, 4) is 0 Å². The van der Waals surface area contributed by atoms with Gasteiger partial charge in [0.05, 0.1) is 6.04 Å². The number of carbonyl (C=O) groups excluding carboxylic acids is 1. The van der Waals surface area contributed by atoms with E-state index in [0.29, 0.717) is 0 Å². The second kappa shape index (κ2) is 6.20. The van der Waals surface area contributed by atoms with Crippen molar-refractivity contribution < 1.29 is 4.79 Å². The van der Waals surface area contributed by atoms with Gasteiger partial charge in [-0.2, -0.15) is 0 Å². The molecule has 0 aliphatic heterocycles. The molecule has 1 rings (SSSR count). The average Bonchev–Trinajstić information content (AvgIpc) is 2.30. The lowest BCUT2D eigenvalue weighted by atomic mass is 9.99. The van der Waals surface area contributed by atoms with Gasteiger partial charge in [-0.15, -0.1) is 0 Å². The number of nitrogens with two attached hydrogens (primary N) is 1. The first kappa shape index (κ1) is 13.4. The summed E-state index contributed by atoms with van der Waals surface area (Å²) in [6.07, 6.45) is 0.904. The zero-order valence-electron chi connectivity index (χ0n) is 9.53. The number of nitrogens with one attached hydrogen (secondary N) is 1. The van der Waals surface area contributed by atoms with Crippen LogP contribution in [0.1, 0.15) is 20.3 Å². The number of rotatable bonds is 4. The van der Waals surface area contributed by atoms with Crippen molar-refractivity contribution in [2.45, 2.75) is 26.3 Å². The van der Waals surface area contributed by atoms with Gasteiger partial charge in [-0.1, -0.05) is 20.3 Å². The van der Waals surface area contributed by atoms with Crippen LogP contribution in [0.2, 0.25) is 0 Å². The highest BCUT2D eigenvalue weighted by atomic mass is 127. The predicted molar refractivity (Wildman–Crippen MR) is 75.2 cm³/mol. The molecule has 4 heteroatoms. The van der Waals surface area contributed by atoms with Crippen LogP contribution in [0.3, 0.4) is 0 Å². The van der Waals surface area contributed by atoms with Crippen molar-refractivity contribution in [2.24, 2.45) is 11.7 Å². The molecule has 3 nitrogen and oxygen atoms in total. The maximum absolute atomic E-state index is 11.8. The fraction of sp³-hybridized carbons (Fsp3) is 0.417. The maximum Gasteiger partial charge on any atom is 0.241 e. The molecule has 1 amide bonds. The summed E-state index contributed by atoms with van der Waals surface area (Å²) in [4.78, 5) is 11.8. The van der Waals surface area contributed by atoms with E-state index in [1.165, 1.54) is 0 Å². The third-order valence-corrected chi connectivity index (χ3v) is 3.39. The monoisotopic (exact) mass is 332 g/mol. The molecule has 0 heterocycles. The lowest BCUT2D eigenvalue weighted by Gasteiger charge is -2.17. The molecule has 88 valence electrons. The van der Waals surface area contributed by atoms with E-state index in [9.17, 15) is 4.79 Å². The molecule has 0 aliphatic rings. The van der Waals surface area contributed by atoms with E-state index in [-0.39, 0.29) is 11.8 Å². The van der Waals surface area contributed by atoms with Gasteiger partial charge >= 0.3 is 0 Å². The van der Waals surface area contributed by atoms with Crippen LogP contribution >= 0.6 is 22.6 Å². The summed E-state index contributed by atoms with van der Waals surface area (Å²) in [5, 5.41) is 2.82. The smallest absolute Gasteiger partial charge is 0.241 e. The molecule has 0 fully saturated rings. The summed E-state index contributed by atoms with van der Waals surface area (Å²) in [7, 11) is 0. The maximum atomic E-state index is 11.8. The van der Waals surface area contributed by atoms with Crippen LogP contribution in [0, 0.1) is 9.49 Å². The largest absolute Gasteiger partial charge is 0.325 e. The van der Waals surface area contributed by atoms with Gasteiger partial charge in [0, 0.05) is 9.26 Å². The molecule has 1 unspecified atom stereocenters. The molecule has 0 bridgehead atoms. The summed E-state index contributed by atoms with van der Waals surface area (Å²) in [6, 6.07) is 7.21. The van der Waals surface area contributed by atoms with E-state index in [1.807, 2.05) is 38.1 Å². The minimum absolute atomic E-state index is 0.115. The molecule has 0 saturated heterocycles. The minimum atomic E-state index is -0.440. The average molecular weight is 332 g/mol. The number of benzene rings is 1. The summed E-state index contributed by atoms with van der Waals surface area (Å²) in [5.41, 5.74) is 6.63. The molecular weight excluding hydrogens is 315 g/mol. The number of anilines is 1. The molecule has 1 aromatic rings. The Kier molecular flexibility index (Phi) is 5.21. The van der Waals surface area contributed by atoms with Crippen molar-refractivity contribution >= 4 is 34.2 Å². The van der Waals surface area contributed by atoms with Crippen molar-refractivity contribution in [3.05, 3.63) is 27.8 Å². The summed E-state index contributed by atoms with van der Waals surface area (Å²) in [6.45, 7) is 4.01. The second-order valence-electron chi connectivity index (χ2n) is 3.91. The van der Waals surface area contributed by atoms with Crippen molar-refractivity contribution in [3.63, 3.8) is 0 Å². The van der Waals surface area contributed by atoms with Crippen molar-refractivity contribution in [2.75, 3.05) is 5.32 Å². The highest BCUT2D eigenvalue weighted by molar-refractivity contribution is 14.1. The van der Waals surface area contributed by atoms with E-state index in [4.69, 9.17) is 5.73 Å². The quantitative estimate of drug-likeness (QED) is 0.833. The molecule has 0 aromatic heterocycles.